The van der Waals surface area contributed by atoms with E-state index in [-0.39, 0.29) is 35.1 Å². The van der Waals surface area contributed by atoms with E-state index in [9.17, 15) is 0 Å². The van der Waals surface area contributed by atoms with Gasteiger partial charge in [0, 0.05) is 77.0 Å². The molecule has 5 nitrogen and oxygen atoms in total. The van der Waals surface area contributed by atoms with Gasteiger partial charge < -0.3 is 23.7 Å². The van der Waals surface area contributed by atoms with E-state index in [0.717, 1.165) is 73.6 Å². The molecule has 19 rings (SSSR count). The Morgan fingerprint density at radius 1 is 0.294 bits per heavy atom. The van der Waals surface area contributed by atoms with Gasteiger partial charge in [-0.2, -0.15) is 0 Å². The van der Waals surface area contributed by atoms with Crippen molar-refractivity contribution in [1.29, 1.82) is 0 Å². The van der Waals surface area contributed by atoms with E-state index in [1.807, 2.05) is 11.8 Å². The normalized spacial score (nSPS) is 13.8. The Morgan fingerprint density at radius 2 is 0.735 bits per heavy atom. The lowest BCUT2D eigenvalue weighted by Gasteiger charge is -2.46. The first-order chi connectivity index (χ1) is 49.1. The molecule has 494 valence electrons. The van der Waals surface area contributed by atoms with Crippen molar-refractivity contribution in [2.24, 2.45) is 0 Å². The highest BCUT2D eigenvalue weighted by Gasteiger charge is 2.48. The molecule has 0 unspecified atom stereocenters. The molecule has 0 radical (unpaired) electrons. The Balaban J connectivity index is 0.944. The van der Waals surface area contributed by atoms with Crippen LogP contribution in [0.5, 0.6) is 11.5 Å². The summed E-state index contributed by atoms with van der Waals surface area (Å²) in [7, 11) is 0. The number of rotatable bonds is 6. The molecular formula is C94H80B2N4OS. The highest BCUT2D eigenvalue weighted by molar-refractivity contribution is 8.00. The molecular weight excluding hydrogens is 1250 g/mol. The molecule has 4 aliphatic rings. The van der Waals surface area contributed by atoms with Crippen LogP contribution < -0.4 is 47.3 Å². The Hall–Kier alpha value is -10.7. The van der Waals surface area contributed by atoms with Gasteiger partial charge in [0.2, 0.25) is 0 Å². The molecule has 2 aromatic heterocycles. The van der Waals surface area contributed by atoms with Crippen LogP contribution in [0.3, 0.4) is 0 Å². The molecule has 15 aromatic rings. The molecule has 0 atom stereocenters. The van der Waals surface area contributed by atoms with Crippen molar-refractivity contribution < 1.29 is 4.74 Å². The van der Waals surface area contributed by atoms with Crippen molar-refractivity contribution in [3.63, 3.8) is 0 Å². The van der Waals surface area contributed by atoms with Crippen molar-refractivity contribution >= 4 is 136 Å². The van der Waals surface area contributed by atoms with Crippen LogP contribution >= 0.6 is 11.8 Å². The minimum Gasteiger partial charge on any atom is -0.458 e. The van der Waals surface area contributed by atoms with Gasteiger partial charge >= 0.3 is 0 Å². The third-order valence-corrected chi connectivity index (χ3v) is 23.5. The number of hydrogen-bond donors (Lipinski definition) is 0. The zero-order valence-corrected chi connectivity index (χ0v) is 61.0. The second-order valence-corrected chi connectivity index (χ2v) is 34.0. The topological polar surface area (TPSA) is 25.6 Å². The smallest absolute Gasteiger partial charge is 0.253 e. The molecule has 0 saturated heterocycles. The summed E-state index contributed by atoms with van der Waals surface area (Å²) in [5.41, 5.74) is 30.8. The Morgan fingerprint density at radius 3 is 1.25 bits per heavy atom. The van der Waals surface area contributed by atoms with E-state index in [4.69, 9.17) is 4.74 Å². The number of nitrogens with zero attached hydrogens (tertiary/aromatic N) is 4. The molecule has 0 spiro atoms. The van der Waals surface area contributed by atoms with Gasteiger partial charge in [-0.05, 0) is 155 Å². The fourth-order valence-electron chi connectivity index (χ4n) is 17.2. The maximum Gasteiger partial charge on any atom is 0.253 e. The summed E-state index contributed by atoms with van der Waals surface area (Å²) in [6.07, 6.45) is 0. The molecule has 13 aromatic carbocycles. The van der Waals surface area contributed by atoms with Crippen LogP contribution in [0.4, 0.5) is 34.1 Å². The molecule has 6 heterocycles. The quantitative estimate of drug-likeness (QED) is 0.155. The van der Waals surface area contributed by atoms with Gasteiger partial charge in [-0.15, -0.1) is 0 Å². The van der Waals surface area contributed by atoms with Gasteiger partial charge in [-0.1, -0.05) is 288 Å². The molecule has 8 heteroatoms. The monoisotopic (exact) mass is 1330 g/mol. The molecule has 0 aliphatic carbocycles. The van der Waals surface area contributed by atoms with E-state index in [1.165, 1.54) is 114 Å². The van der Waals surface area contributed by atoms with Gasteiger partial charge in [0.15, 0.2) is 0 Å². The average molecular weight is 1340 g/mol. The molecule has 102 heavy (non-hydrogen) atoms. The predicted octanol–water partition coefficient (Wildman–Crippen LogP) is 21.6. The van der Waals surface area contributed by atoms with E-state index < -0.39 is 0 Å². The second kappa shape index (κ2) is 22.4. The van der Waals surface area contributed by atoms with E-state index in [1.54, 1.807) is 0 Å². The van der Waals surface area contributed by atoms with Crippen LogP contribution in [-0.2, 0) is 21.7 Å². The minimum absolute atomic E-state index is 0.0635. The lowest BCUT2D eigenvalue weighted by molar-refractivity contribution is 0.486. The molecule has 0 N–H and O–H groups in total. The van der Waals surface area contributed by atoms with Crippen LogP contribution in [0.15, 0.2) is 277 Å². The fourth-order valence-corrected chi connectivity index (χ4v) is 18.4. The number of aromatic nitrogens is 2. The zero-order chi connectivity index (χ0) is 69.6. The molecule has 0 fully saturated rings. The van der Waals surface area contributed by atoms with Crippen molar-refractivity contribution in [3.8, 4) is 45.1 Å². The lowest BCUT2D eigenvalue weighted by Crippen LogP contribution is -2.64. The molecule has 0 bridgehead atoms. The standard InChI is InChI=1S/C94H80B2N4OS/c1-91(2,3)59-39-43-68-69-44-40-60(92(4,5)6)48-78(69)98(77(68)47-59)64-51-82-88-83(52-64)100(90-66(57-27-16-13-17-28-57)33-26-34-67(90)58-29-18-14-19-30-58)81-56-86-75(55-74(81)95(88)72-35-22-24-37-76(72)97(82)63-31-20-15-21-32-63)96-73-36-23-25-38-84(73)101-85-53-65(54-87(102-86)89(85)96)99-79-49-61(93(7,8)9)41-45-70(79)71-46-42-62(50-80(71)99)94(10,11)12/h13-56H,1-12H3. The third-order valence-electron chi connectivity index (χ3n) is 22.4. The minimum atomic E-state index is -0.187. The largest absolute Gasteiger partial charge is 0.458 e. The number of para-hydroxylation sites is 4. The summed E-state index contributed by atoms with van der Waals surface area (Å²) < 4.78 is 12.5. The van der Waals surface area contributed by atoms with Crippen molar-refractivity contribution in [2.45, 2.75) is 115 Å². The SMILES string of the molecule is CC(C)(C)c1ccc2c3ccc(C(C)(C)C)cc3n(-c3cc4c5c(c3)Sc3cc6c(cc3B5c3ccccc3O4)B3c4ccccc4N(c4ccccc4)c4cc(-n5c7cc(C(C)(C)C)ccc7c7ccc(C(C)(C)C)cc75)cc(c43)N6c3c(-c4ccccc4)cccc3-c3ccccc3)c2c1. The number of anilines is 6. The third kappa shape index (κ3) is 9.61. The number of fused-ring (bicyclic) bond motifs is 14. The summed E-state index contributed by atoms with van der Waals surface area (Å²) in [4.78, 5) is 7.71. The van der Waals surface area contributed by atoms with Crippen LogP contribution in [-0.4, -0.2) is 22.6 Å². The second-order valence-electron chi connectivity index (χ2n) is 32.9. The van der Waals surface area contributed by atoms with Crippen LogP contribution in [0.25, 0.3) is 77.2 Å². The van der Waals surface area contributed by atoms with E-state index >= 15 is 0 Å². The highest BCUT2D eigenvalue weighted by Crippen LogP contribution is 2.53. The average Bonchev–Trinajstić information content (AvgIpc) is 0.975. The Kier molecular flexibility index (Phi) is 13.7. The van der Waals surface area contributed by atoms with Crippen molar-refractivity contribution in [2.75, 3.05) is 9.80 Å². The predicted molar refractivity (Wildman–Crippen MR) is 437 cm³/mol. The van der Waals surface area contributed by atoms with Crippen LogP contribution in [0.1, 0.15) is 105 Å². The lowest BCUT2D eigenvalue weighted by atomic mass is 9.31. The maximum atomic E-state index is 7.37. The Bertz CT molecular complexity index is 5820. The summed E-state index contributed by atoms with van der Waals surface area (Å²) in [6, 6.07) is 102. The van der Waals surface area contributed by atoms with Gasteiger partial charge in [0.1, 0.15) is 11.5 Å². The summed E-state index contributed by atoms with van der Waals surface area (Å²) in [5, 5.41) is 4.97. The summed E-state index contributed by atoms with van der Waals surface area (Å²) >= 11 is 1.90. The van der Waals surface area contributed by atoms with E-state index in [2.05, 4.69) is 369 Å². The highest BCUT2D eigenvalue weighted by atomic mass is 32.2. The molecule has 4 aliphatic heterocycles. The number of ether oxygens (including phenoxy) is 1. The number of hydrogen-bond acceptors (Lipinski definition) is 4. The first-order valence-corrected chi connectivity index (χ1v) is 37.1. The van der Waals surface area contributed by atoms with Gasteiger partial charge in [0.05, 0.1) is 39.1 Å². The summed E-state index contributed by atoms with van der Waals surface area (Å²) in [6.45, 7) is 27.7. The van der Waals surface area contributed by atoms with Crippen LogP contribution in [0.2, 0.25) is 0 Å². The van der Waals surface area contributed by atoms with Crippen LogP contribution in [0, 0.1) is 0 Å². The molecule has 0 saturated carbocycles. The van der Waals surface area contributed by atoms with E-state index in [0.29, 0.717) is 0 Å². The van der Waals surface area contributed by atoms with Crippen molar-refractivity contribution in [1.82, 2.24) is 9.13 Å². The maximum absolute atomic E-state index is 7.37. The fraction of sp³-hybridized carbons (Fsp3) is 0.170. The first-order valence-electron chi connectivity index (χ1n) is 36.3. The van der Waals surface area contributed by atoms with Gasteiger partial charge in [-0.25, -0.2) is 0 Å². The first kappa shape index (κ1) is 62.4. The molecule has 0 amide bonds. The zero-order valence-electron chi connectivity index (χ0n) is 60.2. The number of benzene rings is 13. The van der Waals surface area contributed by atoms with Crippen molar-refractivity contribution in [3.05, 3.63) is 289 Å². The Labute approximate surface area is 604 Å². The van der Waals surface area contributed by atoms with Gasteiger partial charge in [-0.3, -0.25) is 0 Å². The summed E-state index contributed by atoms with van der Waals surface area (Å²) in [5.74, 6) is 1.79. The van der Waals surface area contributed by atoms with Gasteiger partial charge in [0.25, 0.3) is 13.4 Å².